The second-order valence-corrected chi connectivity index (χ2v) is 3.32. The summed E-state index contributed by atoms with van der Waals surface area (Å²) >= 11 is 0. The topological polar surface area (TPSA) is 67.4 Å². The Morgan fingerprint density at radius 1 is 1.29 bits per heavy atom. The number of carbonyl (C=O) groups is 2. The number of amides is 2. The highest BCUT2D eigenvalue weighted by Gasteiger charge is 2.22. The molecule has 0 saturated heterocycles. The van der Waals surface area contributed by atoms with Crippen LogP contribution >= 0.6 is 0 Å². The van der Waals surface area contributed by atoms with Crippen LogP contribution in [0.4, 0.5) is 4.79 Å². The summed E-state index contributed by atoms with van der Waals surface area (Å²) in [5, 5.41) is 0. The van der Waals surface area contributed by atoms with Gasteiger partial charge in [-0.2, -0.15) is 0 Å². The maximum Gasteiger partial charge on any atom is 0.426 e. The molecule has 2 N–H and O–H groups in total. The second kappa shape index (κ2) is 5.47. The maximum absolute atomic E-state index is 11.4. The molecule has 0 aromatic heterocycles. The highest BCUT2D eigenvalue weighted by atomic mass is 16.5. The van der Waals surface area contributed by atoms with Gasteiger partial charge >= 0.3 is 6.09 Å². The summed E-state index contributed by atoms with van der Waals surface area (Å²) in [6.45, 7) is 2.00. The Morgan fingerprint density at radius 3 is 2.50 bits per heavy atom. The summed E-state index contributed by atoms with van der Waals surface area (Å²) < 4.78 is 4.59. The molecule has 1 fully saturated rings. The molecule has 0 unspecified atom stereocenters. The number of carbonyl (C=O) groups excluding carboxylic acids is 2. The predicted octanol–water partition coefficient (Wildman–Crippen LogP) is 0.954. The molecule has 0 atom stereocenters. The minimum absolute atomic E-state index is 0.0527. The van der Waals surface area contributed by atoms with Crippen LogP contribution in [0.15, 0.2) is 0 Å². The molecule has 14 heavy (non-hydrogen) atoms. The number of hydrazine groups is 1. The summed E-state index contributed by atoms with van der Waals surface area (Å²) in [5.74, 6) is -0.0625. The average Bonchev–Trinajstić information content (AvgIpc) is 2.67. The molecule has 5 nitrogen and oxygen atoms in total. The van der Waals surface area contributed by atoms with E-state index < -0.39 is 6.09 Å². The van der Waals surface area contributed by atoms with Crippen molar-refractivity contribution in [1.82, 2.24) is 10.9 Å². The van der Waals surface area contributed by atoms with Crippen molar-refractivity contribution in [3.05, 3.63) is 0 Å². The molecule has 5 heteroatoms. The second-order valence-electron chi connectivity index (χ2n) is 3.32. The van der Waals surface area contributed by atoms with Crippen LogP contribution in [0.5, 0.6) is 0 Å². The molecule has 0 aromatic carbocycles. The van der Waals surface area contributed by atoms with Gasteiger partial charge in [0.15, 0.2) is 0 Å². The first-order valence-electron chi connectivity index (χ1n) is 4.96. The maximum atomic E-state index is 11.4. The molecule has 0 aromatic rings. The van der Waals surface area contributed by atoms with Gasteiger partial charge < -0.3 is 4.74 Å². The Morgan fingerprint density at radius 2 is 1.93 bits per heavy atom. The fourth-order valence-corrected chi connectivity index (χ4v) is 1.57. The smallest absolute Gasteiger partial charge is 0.426 e. The minimum atomic E-state index is -0.612. The summed E-state index contributed by atoms with van der Waals surface area (Å²) in [6, 6.07) is 0. The molecule has 0 bridgehead atoms. The molecule has 0 spiro atoms. The Labute approximate surface area is 83.2 Å². The van der Waals surface area contributed by atoms with Gasteiger partial charge in [0.25, 0.3) is 0 Å². The summed E-state index contributed by atoms with van der Waals surface area (Å²) in [7, 11) is 0. The number of nitrogens with one attached hydrogen (secondary N) is 2. The first-order chi connectivity index (χ1) is 6.74. The van der Waals surface area contributed by atoms with Gasteiger partial charge in [0.1, 0.15) is 0 Å². The molecule has 1 saturated carbocycles. The lowest BCUT2D eigenvalue weighted by atomic mass is 10.1. The van der Waals surface area contributed by atoms with Gasteiger partial charge in [-0.15, -0.1) is 0 Å². The Kier molecular flexibility index (Phi) is 4.22. The van der Waals surface area contributed by atoms with E-state index in [0.29, 0.717) is 6.61 Å². The SMILES string of the molecule is CCOC(=O)NNC(=O)C1CCCC1. The van der Waals surface area contributed by atoms with Gasteiger partial charge in [-0.1, -0.05) is 12.8 Å². The number of hydrogen-bond acceptors (Lipinski definition) is 3. The van der Waals surface area contributed by atoms with Crippen LogP contribution in [0.2, 0.25) is 0 Å². The first-order valence-corrected chi connectivity index (χ1v) is 4.96. The van der Waals surface area contributed by atoms with E-state index in [2.05, 4.69) is 15.6 Å². The minimum Gasteiger partial charge on any atom is -0.449 e. The molecule has 0 aliphatic heterocycles. The van der Waals surface area contributed by atoms with E-state index in [1.807, 2.05) is 0 Å². The third-order valence-electron chi connectivity index (χ3n) is 2.29. The average molecular weight is 200 g/mol. The molecule has 2 amide bonds. The van der Waals surface area contributed by atoms with Gasteiger partial charge in [0.2, 0.25) is 5.91 Å². The van der Waals surface area contributed by atoms with E-state index in [1.54, 1.807) is 6.92 Å². The van der Waals surface area contributed by atoms with Crippen LogP contribution in [0, 0.1) is 5.92 Å². The molecular formula is C9H16N2O3. The lowest BCUT2D eigenvalue weighted by Gasteiger charge is -2.10. The van der Waals surface area contributed by atoms with Crippen molar-refractivity contribution in [2.45, 2.75) is 32.6 Å². The fraction of sp³-hybridized carbons (Fsp3) is 0.778. The van der Waals surface area contributed by atoms with Gasteiger partial charge in [-0.3, -0.25) is 10.2 Å². The van der Waals surface area contributed by atoms with Gasteiger partial charge in [0.05, 0.1) is 6.61 Å². The van der Waals surface area contributed by atoms with Crippen molar-refractivity contribution in [1.29, 1.82) is 0 Å². The van der Waals surface area contributed by atoms with E-state index in [1.165, 1.54) is 0 Å². The monoisotopic (exact) mass is 200 g/mol. The lowest BCUT2D eigenvalue weighted by molar-refractivity contribution is -0.125. The van der Waals surface area contributed by atoms with E-state index in [0.717, 1.165) is 25.7 Å². The lowest BCUT2D eigenvalue weighted by Crippen LogP contribution is -2.44. The summed E-state index contributed by atoms with van der Waals surface area (Å²) in [4.78, 5) is 22.2. The Bertz CT molecular complexity index is 212. The van der Waals surface area contributed by atoms with E-state index >= 15 is 0 Å². The number of ether oxygens (including phenoxy) is 1. The largest absolute Gasteiger partial charge is 0.449 e. The molecule has 1 aliphatic rings. The highest BCUT2D eigenvalue weighted by Crippen LogP contribution is 2.24. The third kappa shape index (κ3) is 3.24. The van der Waals surface area contributed by atoms with Crippen LogP contribution in [0.1, 0.15) is 32.6 Å². The molecule has 0 heterocycles. The normalized spacial score (nSPS) is 16.4. The first kappa shape index (κ1) is 10.8. The highest BCUT2D eigenvalue weighted by molar-refractivity contribution is 5.81. The third-order valence-corrected chi connectivity index (χ3v) is 2.29. The Balaban J connectivity index is 2.17. The fourth-order valence-electron chi connectivity index (χ4n) is 1.57. The zero-order valence-corrected chi connectivity index (χ0v) is 8.34. The van der Waals surface area contributed by atoms with Crippen molar-refractivity contribution in [3.63, 3.8) is 0 Å². The molecule has 80 valence electrons. The van der Waals surface area contributed by atoms with Crippen LogP contribution in [-0.2, 0) is 9.53 Å². The molecule has 1 aliphatic carbocycles. The van der Waals surface area contributed by atoms with Crippen LogP contribution in [-0.4, -0.2) is 18.6 Å². The van der Waals surface area contributed by atoms with Crippen molar-refractivity contribution in [2.24, 2.45) is 5.92 Å². The number of hydrogen-bond donors (Lipinski definition) is 2. The molecular weight excluding hydrogens is 184 g/mol. The predicted molar refractivity (Wildman–Crippen MR) is 50.3 cm³/mol. The standard InChI is InChI=1S/C9H16N2O3/c1-2-14-9(13)11-10-8(12)7-5-3-4-6-7/h7H,2-6H2,1H3,(H,10,12)(H,11,13). The van der Waals surface area contributed by atoms with Gasteiger partial charge in [-0.05, 0) is 19.8 Å². The quantitative estimate of drug-likeness (QED) is 0.652. The van der Waals surface area contributed by atoms with Crippen molar-refractivity contribution < 1.29 is 14.3 Å². The van der Waals surface area contributed by atoms with Crippen molar-refractivity contribution in [3.8, 4) is 0 Å². The van der Waals surface area contributed by atoms with Gasteiger partial charge in [-0.25, -0.2) is 10.2 Å². The van der Waals surface area contributed by atoms with Crippen molar-refractivity contribution in [2.75, 3.05) is 6.61 Å². The van der Waals surface area contributed by atoms with Crippen LogP contribution in [0.3, 0.4) is 0 Å². The molecule has 1 rings (SSSR count). The van der Waals surface area contributed by atoms with E-state index in [4.69, 9.17) is 0 Å². The number of rotatable bonds is 2. The van der Waals surface area contributed by atoms with E-state index in [-0.39, 0.29) is 11.8 Å². The van der Waals surface area contributed by atoms with Gasteiger partial charge in [0, 0.05) is 5.92 Å². The van der Waals surface area contributed by atoms with Crippen molar-refractivity contribution >= 4 is 12.0 Å². The summed E-state index contributed by atoms with van der Waals surface area (Å²) in [6.07, 6.45) is 3.40. The Hall–Kier alpha value is -1.26. The summed E-state index contributed by atoms with van der Waals surface area (Å²) in [5.41, 5.74) is 4.55. The van der Waals surface area contributed by atoms with Crippen LogP contribution < -0.4 is 10.9 Å². The molecule has 0 radical (unpaired) electrons. The van der Waals surface area contributed by atoms with Crippen LogP contribution in [0.25, 0.3) is 0 Å². The zero-order valence-electron chi connectivity index (χ0n) is 8.34. The van der Waals surface area contributed by atoms with E-state index in [9.17, 15) is 9.59 Å². The zero-order chi connectivity index (χ0) is 10.4.